The van der Waals surface area contributed by atoms with Crippen LogP contribution in [0.1, 0.15) is 12.8 Å². The highest BCUT2D eigenvalue weighted by Crippen LogP contribution is 2.25. The van der Waals surface area contributed by atoms with Gasteiger partial charge in [-0.05, 0) is 19.9 Å². The summed E-state index contributed by atoms with van der Waals surface area (Å²) in [7, 11) is 2.10. The van der Waals surface area contributed by atoms with Crippen LogP contribution in [0.25, 0.3) is 0 Å². The number of hydrogen-bond donors (Lipinski definition) is 1. The molecule has 2 aliphatic heterocycles. The van der Waals surface area contributed by atoms with Crippen LogP contribution in [0.5, 0.6) is 0 Å². The van der Waals surface area contributed by atoms with Crippen molar-refractivity contribution >= 4 is 6.09 Å². The van der Waals surface area contributed by atoms with E-state index in [-0.39, 0.29) is 11.6 Å². The molecule has 0 unspecified atom stereocenters. The van der Waals surface area contributed by atoms with Crippen molar-refractivity contribution in [3.8, 4) is 0 Å². The summed E-state index contributed by atoms with van der Waals surface area (Å²) in [6.07, 6.45) is 1.77. The molecule has 2 fully saturated rings. The topological polar surface area (TPSA) is 41.6 Å². The molecule has 2 saturated heterocycles. The van der Waals surface area contributed by atoms with E-state index in [4.69, 9.17) is 4.74 Å². The molecule has 12 heavy (non-hydrogen) atoms. The van der Waals surface area contributed by atoms with Crippen molar-refractivity contribution in [1.29, 1.82) is 0 Å². The molecule has 4 heteroatoms. The molecular formula is C8H14N2O2. The van der Waals surface area contributed by atoms with Gasteiger partial charge in [-0.3, -0.25) is 0 Å². The zero-order chi connectivity index (χ0) is 8.60. The zero-order valence-electron chi connectivity index (χ0n) is 7.30. The van der Waals surface area contributed by atoms with Gasteiger partial charge in [0.25, 0.3) is 0 Å². The monoisotopic (exact) mass is 170 g/mol. The summed E-state index contributed by atoms with van der Waals surface area (Å²) in [6, 6.07) is 0. The Labute approximate surface area is 71.9 Å². The summed E-state index contributed by atoms with van der Waals surface area (Å²) in [5.74, 6) is 0. The van der Waals surface area contributed by atoms with Crippen molar-refractivity contribution in [1.82, 2.24) is 10.2 Å². The van der Waals surface area contributed by atoms with Gasteiger partial charge in [0.2, 0.25) is 0 Å². The highest BCUT2D eigenvalue weighted by Gasteiger charge is 2.41. The van der Waals surface area contributed by atoms with Gasteiger partial charge in [0, 0.05) is 13.1 Å². The molecule has 0 aromatic rings. The summed E-state index contributed by atoms with van der Waals surface area (Å²) in [5, 5.41) is 2.90. The van der Waals surface area contributed by atoms with Gasteiger partial charge in [0.15, 0.2) is 0 Å². The average molecular weight is 170 g/mol. The zero-order valence-corrected chi connectivity index (χ0v) is 7.30. The van der Waals surface area contributed by atoms with Gasteiger partial charge in [0.1, 0.15) is 6.61 Å². The third kappa shape index (κ3) is 1.27. The lowest BCUT2D eigenvalue weighted by molar-refractivity contribution is 0.143. The maximum atomic E-state index is 10.9. The van der Waals surface area contributed by atoms with Crippen LogP contribution in [0.2, 0.25) is 0 Å². The maximum absolute atomic E-state index is 10.9. The van der Waals surface area contributed by atoms with E-state index < -0.39 is 0 Å². The lowest BCUT2D eigenvalue weighted by atomic mass is 9.89. The van der Waals surface area contributed by atoms with Crippen LogP contribution < -0.4 is 5.32 Å². The minimum atomic E-state index is -0.250. The fourth-order valence-electron chi connectivity index (χ4n) is 1.81. The van der Waals surface area contributed by atoms with E-state index in [9.17, 15) is 4.79 Å². The average Bonchev–Trinajstić information content (AvgIpc) is 2.40. The number of cyclic esters (lactones) is 1. The van der Waals surface area contributed by atoms with Crippen LogP contribution in [0.4, 0.5) is 4.79 Å². The molecule has 2 rings (SSSR count). The van der Waals surface area contributed by atoms with E-state index in [1.807, 2.05) is 0 Å². The Morgan fingerprint density at radius 2 is 2.17 bits per heavy atom. The van der Waals surface area contributed by atoms with E-state index in [1.165, 1.54) is 0 Å². The lowest BCUT2D eigenvalue weighted by Gasteiger charge is -2.35. The van der Waals surface area contributed by atoms with Crippen molar-refractivity contribution < 1.29 is 9.53 Å². The quantitative estimate of drug-likeness (QED) is 0.564. The molecule has 0 aromatic heterocycles. The van der Waals surface area contributed by atoms with Gasteiger partial charge in [0.05, 0.1) is 5.54 Å². The molecule has 2 aliphatic rings. The molecule has 0 radical (unpaired) electrons. The Bertz CT molecular complexity index is 197. The summed E-state index contributed by atoms with van der Waals surface area (Å²) in [6.45, 7) is 2.65. The number of amides is 1. The second-order valence-electron chi connectivity index (χ2n) is 3.78. The number of alkyl carbamates (subject to hydrolysis) is 1. The Hall–Kier alpha value is -0.770. The number of piperidine rings is 1. The van der Waals surface area contributed by atoms with Gasteiger partial charge in [-0.25, -0.2) is 4.79 Å². The van der Waals surface area contributed by atoms with Crippen LogP contribution in [0, 0.1) is 0 Å². The first kappa shape index (κ1) is 7.86. The Balaban J connectivity index is 1.99. The highest BCUT2D eigenvalue weighted by atomic mass is 16.6. The van der Waals surface area contributed by atoms with E-state index in [0.717, 1.165) is 25.9 Å². The number of nitrogens with zero attached hydrogens (tertiary/aromatic N) is 1. The molecule has 1 spiro atoms. The number of hydrogen-bond acceptors (Lipinski definition) is 3. The molecule has 0 saturated carbocycles. The normalized spacial score (nSPS) is 28.6. The van der Waals surface area contributed by atoms with Crippen molar-refractivity contribution in [3.63, 3.8) is 0 Å². The van der Waals surface area contributed by atoms with Gasteiger partial charge in [-0.15, -0.1) is 0 Å². The van der Waals surface area contributed by atoms with Crippen LogP contribution in [0.15, 0.2) is 0 Å². The minimum Gasteiger partial charge on any atom is -0.447 e. The van der Waals surface area contributed by atoms with E-state index in [1.54, 1.807) is 0 Å². The van der Waals surface area contributed by atoms with Crippen molar-refractivity contribution in [3.05, 3.63) is 0 Å². The van der Waals surface area contributed by atoms with E-state index >= 15 is 0 Å². The molecule has 0 atom stereocenters. The first-order valence-corrected chi connectivity index (χ1v) is 4.34. The van der Waals surface area contributed by atoms with Crippen molar-refractivity contribution in [2.24, 2.45) is 0 Å². The Kier molecular flexibility index (Phi) is 1.72. The van der Waals surface area contributed by atoms with Crippen LogP contribution in [-0.4, -0.2) is 43.3 Å². The summed E-state index contributed by atoms with van der Waals surface area (Å²) in [5.41, 5.74) is -0.0381. The predicted molar refractivity (Wildman–Crippen MR) is 43.9 cm³/mol. The summed E-state index contributed by atoms with van der Waals surface area (Å²) in [4.78, 5) is 13.1. The van der Waals surface area contributed by atoms with Crippen LogP contribution in [-0.2, 0) is 4.74 Å². The molecule has 1 amide bonds. The smallest absolute Gasteiger partial charge is 0.407 e. The molecular weight excluding hydrogens is 156 g/mol. The number of ether oxygens (including phenoxy) is 1. The van der Waals surface area contributed by atoms with Crippen LogP contribution >= 0.6 is 0 Å². The third-order valence-electron chi connectivity index (χ3n) is 2.79. The van der Waals surface area contributed by atoms with Gasteiger partial charge < -0.3 is 15.0 Å². The van der Waals surface area contributed by atoms with Crippen LogP contribution in [0.3, 0.4) is 0 Å². The molecule has 1 N–H and O–H groups in total. The first-order valence-electron chi connectivity index (χ1n) is 4.34. The molecule has 4 nitrogen and oxygen atoms in total. The van der Waals surface area contributed by atoms with Crippen molar-refractivity contribution in [2.75, 3.05) is 26.7 Å². The van der Waals surface area contributed by atoms with E-state index in [2.05, 4.69) is 17.3 Å². The van der Waals surface area contributed by atoms with Gasteiger partial charge >= 0.3 is 6.09 Å². The number of nitrogens with one attached hydrogen (secondary N) is 1. The SMILES string of the molecule is CN1CCC2(CC1)COC(=O)N2. The number of likely N-dealkylation sites (tertiary alicyclic amines) is 1. The van der Waals surface area contributed by atoms with Crippen molar-refractivity contribution in [2.45, 2.75) is 18.4 Å². The fraction of sp³-hybridized carbons (Fsp3) is 0.875. The van der Waals surface area contributed by atoms with Gasteiger partial charge in [-0.2, -0.15) is 0 Å². The second-order valence-corrected chi connectivity index (χ2v) is 3.78. The first-order chi connectivity index (χ1) is 5.70. The number of carbonyl (C=O) groups is 1. The third-order valence-corrected chi connectivity index (χ3v) is 2.79. The molecule has 0 aliphatic carbocycles. The van der Waals surface area contributed by atoms with Gasteiger partial charge in [-0.1, -0.05) is 0 Å². The second kappa shape index (κ2) is 2.62. The maximum Gasteiger partial charge on any atom is 0.407 e. The highest BCUT2D eigenvalue weighted by molar-refractivity contribution is 5.70. The fourth-order valence-corrected chi connectivity index (χ4v) is 1.81. The Morgan fingerprint density at radius 3 is 2.67 bits per heavy atom. The molecule has 0 aromatic carbocycles. The summed E-state index contributed by atoms with van der Waals surface area (Å²) < 4.78 is 4.91. The molecule has 2 heterocycles. The minimum absolute atomic E-state index is 0.0381. The summed E-state index contributed by atoms with van der Waals surface area (Å²) >= 11 is 0. The van der Waals surface area contributed by atoms with E-state index in [0.29, 0.717) is 6.61 Å². The predicted octanol–water partition coefficient (Wildman–Crippen LogP) is 0.191. The largest absolute Gasteiger partial charge is 0.447 e. The molecule has 68 valence electrons. The standard InChI is InChI=1S/C8H14N2O2/c1-10-4-2-8(3-5-10)6-12-7(11)9-8/h2-6H2,1H3,(H,9,11). The lowest BCUT2D eigenvalue weighted by Crippen LogP contribution is -2.51. The number of carbonyl (C=O) groups excluding carboxylic acids is 1. The number of rotatable bonds is 0. The molecule has 0 bridgehead atoms. The Morgan fingerprint density at radius 1 is 1.50 bits per heavy atom.